The van der Waals surface area contributed by atoms with Crippen LogP contribution in [0.1, 0.15) is 24.5 Å². The molecule has 1 rings (SSSR count). The Hall–Kier alpha value is -1.42. The van der Waals surface area contributed by atoms with Crippen molar-refractivity contribution in [2.24, 2.45) is 5.73 Å². The Morgan fingerprint density at radius 2 is 2.25 bits per heavy atom. The van der Waals surface area contributed by atoms with Crippen molar-refractivity contribution in [3.05, 3.63) is 35.1 Å². The molecule has 1 amide bonds. The number of nitrogens with two attached hydrogens (primary N) is 1. The zero-order valence-corrected chi connectivity index (χ0v) is 9.59. The van der Waals surface area contributed by atoms with E-state index in [1.165, 1.54) is 12.1 Å². The number of primary amides is 1. The quantitative estimate of drug-likeness (QED) is 0.796. The minimum absolute atomic E-state index is 0.0296. The maximum Gasteiger partial charge on any atom is 0.218 e. The molecule has 0 aliphatic rings. The summed E-state index contributed by atoms with van der Waals surface area (Å²) in [7, 11) is 0. The molecule has 0 radical (unpaired) electrons. The van der Waals surface area contributed by atoms with Crippen LogP contribution < -0.4 is 11.1 Å². The summed E-state index contributed by atoms with van der Waals surface area (Å²) in [4.78, 5) is 10.7. The molecular weight excluding hydrogens is 207 g/mol. The van der Waals surface area contributed by atoms with Crippen molar-refractivity contribution in [3.8, 4) is 0 Å². The second-order valence-electron chi connectivity index (χ2n) is 4.02. The molecule has 0 fully saturated rings. The third-order valence-corrected chi connectivity index (χ3v) is 2.45. The number of nitrogens with one attached hydrogen (secondary N) is 1. The van der Waals surface area contributed by atoms with Crippen molar-refractivity contribution in [1.29, 1.82) is 0 Å². The summed E-state index contributed by atoms with van der Waals surface area (Å²) in [5.74, 6) is -0.553. The second kappa shape index (κ2) is 5.61. The Labute approximate surface area is 94.8 Å². The lowest BCUT2D eigenvalue weighted by Gasteiger charge is -2.13. The van der Waals surface area contributed by atoms with Gasteiger partial charge < -0.3 is 11.1 Å². The molecule has 1 aromatic carbocycles. The van der Waals surface area contributed by atoms with Crippen molar-refractivity contribution in [1.82, 2.24) is 5.32 Å². The monoisotopic (exact) mass is 224 g/mol. The van der Waals surface area contributed by atoms with Crippen LogP contribution in [0, 0.1) is 12.7 Å². The zero-order chi connectivity index (χ0) is 12.1. The Morgan fingerprint density at radius 1 is 1.56 bits per heavy atom. The van der Waals surface area contributed by atoms with Crippen LogP contribution in [0.25, 0.3) is 0 Å². The highest BCUT2D eigenvalue weighted by molar-refractivity contribution is 5.74. The van der Waals surface area contributed by atoms with E-state index in [1.807, 2.05) is 13.8 Å². The molecule has 0 aromatic heterocycles. The third kappa shape index (κ3) is 3.98. The van der Waals surface area contributed by atoms with Gasteiger partial charge in [-0.05, 0) is 37.1 Å². The van der Waals surface area contributed by atoms with Crippen molar-refractivity contribution in [2.75, 3.05) is 0 Å². The van der Waals surface area contributed by atoms with Gasteiger partial charge in [-0.1, -0.05) is 6.07 Å². The van der Waals surface area contributed by atoms with Gasteiger partial charge >= 0.3 is 0 Å². The van der Waals surface area contributed by atoms with Gasteiger partial charge in [-0.25, -0.2) is 4.39 Å². The first kappa shape index (κ1) is 12.6. The molecule has 0 aliphatic carbocycles. The summed E-state index contributed by atoms with van der Waals surface area (Å²) in [6, 6.07) is 4.70. The molecule has 1 atom stereocenters. The van der Waals surface area contributed by atoms with Crippen molar-refractivity contribution < 1.29 is 9.18 Å². The van der Waals surface area contributed by atoms with E-state index in [1.54, 1.807) is 6.07 Å². The standard InChI is InChI=1S/C12H17FN2O/c1-8-5-11(13)4-3-10(8)7-15-9(2)6-12(14)16/h3-5,9,15H,6-7H2,1-2H3,(H2,14,16). The summed E-state index contributed by atoms with van der Waals surface area (Å²) in [6.45, 7) is 4.36. The van der Waals surface area contributed by atoms with Crippen LogP contribution in [0.15, 0.2) is 18.2 Å². The molecule has 88 valence electrons. The van der Waals surface area contributed by atoms with Gasteiger partial charge in [0.25, 0.3) is 0 Å². The van der Waals surface area contributed by atoms with Crippen molar-refractivity contribution in [2.45, 2.75) is 32.9 Å². The highest BCUT2D eigenvalue weighted by Gasteiger charge is 2.06. The molecular formula is C12H17FN2O. The molecule has 0 saturated carbocycles. The van der Waals surface area contributed by atoms with Gasteiger partial charge in [-0.15, -0.1) is 0 Å². The molecule has 1 aromatic rings. The first-order chi connectivity index (χ1) is 7.49. The summed E-state index contributed by atoms with van der Waals surface area (Å²) in [5.41, 5.74) is 7.01. The Kier molecular flexibility index (Phi) is 4.43. The van der Waals surface area contributed by atoms with Gasteiger partial charge in [-0.3, -0.25) is 4.79 Å². The number of hydrogen-bond donors (Lipinski definition) is 2. The number of amides is 1. The maximum absolute atomic E-state index is 12.8. The fourth-order valence-corrected chi connectivity index (χ4v) is 1.52. The van der Waals surface area contributed by atoms with E-state index in [-0.39, 0.29) is 17.8 Å². The van der Waals surface area contributed by atoms with Crippen LogP contribution in [0.5, 0.6) is 0 Å². The lowest BCUT2D eigenvalue weighted by atomic mass is 10.1. The van der Waals surface area contributed by atoms with Crippen LogP contribution in [0.3, 0.4) is 0 Å². The first-order valence-electron chi connectivity index (χ1n) is 5.25. The Balaban J connectivity index is 2.51. The van der Waals surface area contributed by atoms with E-state index < -0.39 is 0 Å². The summed E-state index contributed by atoms with van der Waals surface area (Å²) >= 11 is 0. The molecule has 3 N–H and O–H groups in total. The number of carbonyl (C=O) groups is 1. The molecule has 0 heterocycles. The smallest absolute Gasteiger partial charge is 0.218 e. The second-order valence-corrected chi connectivity index (χ2v) is 4.02. The highest BCUT2D eigenvalue weighted by Crippen LogP contribution is 2.10. The number of aryl methyl sites for hydroxylation is 1. The average molecular weight is 224 g/mol. The average Bonchev–Trinajstić information content (AvgIpc) is 2.15. The Bertz CT molecular complexity index is 379. The predicted octanol–water partition coefficient (Wildman–Crippen LogP) is 1.49. The third-order valence-electron chi connectivity index (χ3n) is 2.45. The van der Waals surface area contributed by atoms with Crippen molar-refractivity contribution >= 4 is 5.91 Å². The van der Waals surface area contributed by atoms with E-state index in [4.69, 9.17) is 5.73 Å². The van der Waals surface area contributed by atoms with Gasteiger partial charge in [0.2, 0.25) is 5.91 Å². The molecule has 4 heteroatoms. The molecule has 0 spiro atoms. The topological polar surface area (TPSA) is 55.1 Å². The maximum atomic E-state index is 12.8. The lowest BCUT2D eigenvalue weighted by Crippen LogP contribution is -2.30. The molecule has 1 unspecified atom stereocenters. The van der Waals surface area contributed by atoms with Gasteiger partial charge in [0, 0.05) is 19.0 Å². The van der Waals surface area contributed by atoms with Gasteiger partial charge in [0.05, 0.1) is 0 Å². The summed E-state index contributed by atoms with van der Waals surface area (Å²) in [5, 5.41) is 3.17. The lowest BCUT2D eigenvalue weighted by molar-refractivity contribution is -0.118. The van der Waals surface area contributed by atoms with Crippen molar-refractivity contribution in [3.63, 3.8) is 0 Å². The van der Waals surface area contributed by atoms with Gasteiger partial charge in [-0.2, -0.15) is 0 Å². The number of benzene rings is 1. The van der Waals surface area contributed by atoms with Gasteiger partial charge in [0.1, 0.15) is 5.82 Å². The SMILES string of the molecule is Cc1cc(F)ccc1CNC(C)CC(N)=O. The van der Waals surface area contributed by atoms with E-state index in [0.717, 1.165) is 11.1 Å². The minimum atomic E-state index is -0.323. The molecule has 0 saturated heterocycles. The van der Waals surface area contributed by atoms with Crippen LogP contribution in [-0.2, 0) is 11.3 Å². The Morgan fingerprint density at radius 3 is 2.81 bits per heavy atom. The number of halogens is 1. The summed E-state index contributed by atoms with van der Waals surface area (Å²) in [6.07, 6.45) is 0.306. The van der Waals surface area contributed by atoms with Crippen LogP contribution >= 0.6 is 0 Å². The van der Waals surface area contributed by atoms with Crippen LogP contribution in [0.4, 0.5) is 4.39 Å². The van der Waals surface area contributed by atoms with Crippen LogP contribution in [0.2, 0.25) is 0 Å². The number of carbonyl (C=O) groups excluding carboxylic acids is 1. The van der Waals surface area contributed by atoms with E-state index >= 15 is 0 Å². The highest BCUT2D eigenvalue weighted by atomic mass is 19.1. The molecule has 0 aliphatic heterocycles. The van der Waals surface area contributed by atoms with Crippen LogP contribution in [-0.4, -0.2) is 11.9 Å². The largest absolute Gasteiger partial charge is 0.370 e. The number of hydrogen-bond acceptors (Lipinski definition) is 2. The predicted molar refractivity (Wildman–Crippen MR) is 61.3 cm³/mol. The normalized spacial score (nSPS) is 12.4. The fourth-order valence-electron chi connectivity index (χ4n) is 1.52. The first-order valence-corrected chi connectivity index (χ1v) is 5.25. The van der Waals surface area contributed by atoms with Gasteiger partial charge in [0.15, 0.2) is 0 Å². The zero-order valence-electron chi connectivity index (χ0n) is 9.59. The van der Waals surface area contributed by atoms with E-state index in [0.29, 0.717) is 13.0 Å². The minimum Gasteiger partial charge on any atom is -0.370 e. The molecule has 16 heavy (non-hydrogen) atoms. The fraction of sp³-hybridized carbons (Fsp3) is 0.417. The molecule has 3 nitrogen and oxygen atoms in total. The number of rotatable bonds is 5. The van der Waals surface area contributed by atoms with E-state index in [9.17, 15) is 9.18 Å². The van der Waals surface area contributed by atoms with E-state index in [2.05, 4.69) is 5.32 Å². The summed E-state index contributed by atoms with van der Waals surface area (Å²) < 4.78 is 12.8. The molecule has 0 bridgehead atoms.